The number of anilines is 1. The Kier molecular flexibility index (Phi) is 4.87. The molecular formula is C17H12F3N5O. The van der Waals surface area contributed by atoms with Gasteiger partial charge in [0.2, 0.25) is 5.95 Å². The second-order valence-corrected chi connectivity index (χ2v) is 5.27. The van der Waals surface area contributed by atoms with Crippen LogP contribution in [0.25, 0.3) is 0 Å². The van der Waals surface area contributed by atoms with Gasteiger partial charge in [-0.15, -0.1) is 0 Å². The van der Waals surface area contributed by atoms with Gasteiger partial charge >= 0.3 is 6.18 Å². The summed E-state index contributed by atoms with van der Waals surface area (Å²) in [5.74, 6) is -0.326. The topological polar surface area (TPSA) is 80.7 Å². The molecular weight excluding hydrogens is 347 g/mol. The highest BCUT2D eigenvalue weighted by atomic mass is 19.4. The second kappa shape index (κ2) is 7.26. The van der Waals surface area contributed by atoms with E-state index in [1.165, 1.54) is 24.5 Å². The zero-order valence-electron chi connectivity index (χ0n) is 13.2. The quantitative estimate of drug-likeness (QED) is 0.705. The lowest BCUT2D eigenvalue weighted by Crippen LogP contribution is -2.10. The van der Waals surface area contributed by atoms with Gasteiger partial charge in [0, 0.05) is 24.2 Å². The Morgan fingerprint density at radius 2 is 1.81 bits per heavy atom. The molecule has 9 heteroatoms. The molecule has 1 N–H and O–H groups in total. The van der Waals surface area contributed by atoms with Crippen LogP contribution in [-0.4, -0.2) is 25.9 Å². The number of nitrogens with one attached hydrogen (secondary N) is 1. The van der Waals surface area contributed by atoms with Crippen molar-refractivity contribution in [2.75, 3.05) is 5.32 Å². The number of alkyl halides is 3. The van der Waals surface area contributed by atoms with Gasteiger partial charge in [-0.2, -0.15) is 23.4 Å². The number of rotatable bonds is 5. The van der Waals surface area contributed by atoms with E-state index >= 15 is 0 Å². The first-order chi connectivity index (χ1) is 12.4. The van der Waals surface area contributed by atoms with Gasteiger partial charge in [0.25, 0.3) is 0 Å². The number of hydrogen-bond donors (Lipinski definition) is 1. The summed E-state index contributed by atoms with van der Waals surface area (Å²) in [6.45, 7) is 0.342. The third kappa shape index (κ3) is 4.18. The van der Waals surface area contributed by atoms with Crippen LogP contribution >= 0.6 is 0 Å². The third-order valence-electron chi connectivity index (χ3n) is 3.42. The average molecular weight is 359 g/mol. The van der Waals surface area contributed by atoms with E-state index in [2.05, 4.69) is 25.5 Å². The monoisotopic (exact) mass is 359 g/mol. The summed E-state index contributed by atoms with van der Waals surface area (Å²) >= 11 is 0. The van der Waals surface area contributed by atoms with Crippen LogP contribution in [-0.2, 0) is 12.7 Å². The number of halogens is 3. The molecule has 3 aromatic rings. The van der Waals surface area contributed by atoms with Gasteiger partial charge in [0.15, 0.2) is 5.78 Å². The molecule has 0 saturated carbocycles. The molecule has 0 aliphatic rings. The van der Waals surface area contributed by atoms with Crippen molar-refractivity contribution < 1.29 is 18.0 Å². The average Bonchev–Trinajstić information content (AvgIpc) is 2.66. The van der Waals surface area contributed by atoms with E-state index in [1.54, 1.807) is 18.3 Å². The Morgan fingerprint density at radius 3 is 2.46 bits per heavy atom. The number of carbonyl (C=O) groups is 1. The third-order valence-corrected chi connectivity index (χ3v) is 3.42. The molecule has 26 heavy (non-hydrogen) atoms. The van der Waals surface area contributed by atoms with Crippen LogP contribution in [0.3, 0.4) is 0 Å². The van der Waals surface area contributed by atoms with E-state index < -0.39 is 17.5 Å². The van der Waals surface area contributed by atoms with E-state index in [-0.39, 0.29) is 17.1 Å². The highest BCUT2D eigenvalue weighted by Crippen LogP contribution is 2.29. The highest BCUT2D eigenvalue weighted by Gasteiger charge is 2.31. The molecule has 0 amide bonds. The maximum atomic E-state index is 12.8. The van der Waals surface area contributed by atoms with Crippen LogP contribution in [0.5, 0.6) is 0 Å². The molecule has 0 fully saturated rings. The number of nitrogens with zero attached hydrogens (tertiary/aromatic N) is 4. The number of carbonyl (C=O) groups excluding carboxylic acids is 1. The minimum absolute atomic E-state index is 0.0799. The van der Waals surface area contributed by atoms with E-state index in [0.29, 0.717) is 12.2 Å². The van der Waals surface area contributed by atoms with Crippen molar-refractivity contribution in [1.82, 2.24) is 20.2 Å². The SMILES string of the molecule is O=C(c1cnc(NCc2cccnn2)nc1)c1cccc(C(F)(F)F)c1. The molecule has 0 unspecified atom stereocenters. The van der Waals surface area contributed by atoms with Gasteiger partial charge in [-0.05, 0) is 24.3 Å². The van der Waals surface area contributed by atoms with Crippen LogP contribution in [0.15, 0.2) is 55.0 Å². The minimum Gasteiger partial charge on any atom is -0.348 e. The van der Waals surface area contributed by atoms with Crippen molar-refractivity contribution in [2.24, 2.45) is 0 Å². The summed E-state index contributed by atoms with van der Waals surface area (Å²) in [4.78, 5) is 20.3. The zero-order chi connectivity index (χ0) is 18.6. The molecule has 0 aliphatic carbocycles. The van der Waals surface area contributed by atoms with E-state index in [1.807, 2.05) is 0 Å². The number of benzene rings is 1. The Bertz CT molecular complexity index is 898. The molecule has 0 saturated heterocycles. The molecule has 0 spiro atoms. The van der Waals surface area contributed by atoms with Crippen LogP contribution in [0.2, 0.25) is 0 Å². The molecule has 0 radical (unpaired) electrons. The van der Waals surface area contributed by atoms with Crippen LogP contribution in [0.4, 0.5) is 19.1 Å². The summed E-state index contributed by atoms with van der Waals surface area (Å²) in [5.41, 5.74) is -0.190. The van der Waals surface area contributed by atoms with Gasteiger partial charge in [0.05, 0.1) is 23.4 Å². The van der Waals surface area contributed by atoms with Crippen molar-refractivity contribution in [3.8, 4) is 0 Å². The van der Waals surface area contributed by atoms with Gasteiger partial charge in [-0.3, -0.25) is 4.79 Å². The summed E-state index contributed by atoms with van der Waals surface area (Å²) in [6.07, 6.45) is -0.446. The van der Waals surface area contributed by atoms with E-state index in [4.69, 9.17) is 0 Å². The van der Waals surface area contributed by atoms with Crippen molar-refractivity contribution in [2.45, 2.75) is 12.7 Å². The van der Waals surface area contributed by atoms with E-state index in [0.717, 1.165) is 12.1 Å². The zero-order valence-corrected chi connectivity index (χ0v) is 13.2. The molecule has 0 bridgehead atoms. The Balaban J connectivity index is 1.71. The van der Waals surface area contributed by atoms with Crippen LogP contribution in [0.1, 0.15) is 27.2 Å². The standard InChI is InChI=1S/C17H12F3N5O/c18-17(19,20)13-4-1-3-11(7-13)15(26)12-8-21-16(22-9-12)23-10-14-5-2-6-24-25-14/h1-9H,10H2,(H,21,22,23). The lowest BCUT2D eigenvalue weighted by atomic mass is 10.0. The minimum atomic E-state index is -4.51. The fourth-order valence-electron chi connectivity index (χ4n) is 2.14. The molecule has 132 valence electrons. The van der Waals surface area contributed by atoms with Crippen LogP contribution in [0, 0.1) is 0 Å². The predicted molar refractivity (Wildman–Crippen MR) is 86.3 cm³/mol. The largest absolute Gasteiger partial charge is 0.416 e. The summed E-state index contributed by atoms with van der Waals surface area (Å²) in [5, 5.41) is 10.5. The lowest BCUT2D eigenvalue weighted by Gasteiger charge is -2.08. The summed E-state index contributed by atoms with van der Waals surface area (Å²) < 4.78 is 38.3. The highest BCUT2D eigenvalue weighted by molar-refractivity contribution is 6.08. The Hall–Kier alpha value is -3.36. The molecule has 0 atom stereocenters. The van der Waals surface area contributed by atoms with Gasteiger partial charge < -0.3 is 5.32 Å². The fourth-order valence-corrected chi connectivity index (χ4v) is 2.14. The molecule has 6 nitrogen and oxygen atoms in total. The number of hydrogen-bond acceptors (Lipinski definition) is 6. The van der Waals surface area contributed by atoms with Crippen molar-refractivity contribution in [3.05, 3.63) is 77.4 Å². The molecule has 2 aromatic heterocycles. The van der Waals surface area contributed by atoms with Crippen molar-refractivity contribution in [1.29, 1.82) is 0 Å². The maximum Gasteiger partial charge on any atom is 0.416 e. The molecule has 2 heterocycles. The first-order valence-electron chi connectivity index (χ1n) is 7.48. The van der Waals surface area contributed by atoms with Gasteiger partial charge in [-0.1, -0.05) is 12.1 Å². The summed E-state index contributed by atoms with van der Waals surface area (Å²) in [6, 6.07) is 7.73. The van der Waals surface area contributed by atoms with Gasteiger partial charge in [0.1, 0.15) is 0 Å². The first-order valence-corrected chi connectivity index (χ1v) is 7.48. The van der Waals surface area contributed by atoms with Crippen LogP contribution < -0.4 is 5.32 Å². The molecule has 0 aliphatic heterocycles. The number of ketones is 1. The smallest absolute Gasteiger partial charge is 0.348 e. The fraction of sp³-hybridized carbons (Fsp3) is 0.118. The predicted octanol–water partition coefficient (Wildman–Crippen LogP) is 3.13. The lowest BCUT2D eigenvalue weighted by molar-refractivity contribution is -0.137. The first kappa shape index (κ1) is 17.5. The maximum absolute atomic E-state index is 12.8. The number of aromatic nitrogens is 4. The molecule has 1 aromatic carbocycles. The van der Waals surface area contributed by atoms with Crippen molar-refractivity contribution >= 4 is 11.7 Å². The van der Waals surface area contributed by atoms with Gasteiger partial charge in [-0.25, -0.2) is 9.97 Å². The van der Waals surface area contributed by atoms with E-state index in [9.17, 15) is 18.0 Å². The Labute approximate surface area is 146 Å². The summed E-state index contributed by atoms with van der Waals surface area (Å²) in [7, 11) is 0. The normalized spacial score (nSPS) is 11.2. The second-order valence-electron chi connectivity index (χ2n) is 5.27. The Morgan fingerprint density at radius 1 is 1.04 bits per heavy atom. The van der Waals surface area contributed by atoms with Crippen molar-refractivity contribution in [3.63, 3.8) is 0 Å². The molecule has 3 rings (SSSR count).